The van der Waals surface area contributed by atoms with Gasteiger partial charge in [0.05, 0.1) is 0 Å². The Balaban J connectivity index is 1.76. The first-order valence-corrected chi connectivity index (χ1v) is 10.3. The molecule has 0 aliphatic rings. The third kappa shape index (κ3) is 6.03. The zero-order chi connectivity index (χ0) is 26.8. The summed E-state index contributed by atoms with van der Waals surface area (Å²) in [5.41, 5.74) is -3.35. The van der Waals surface area contributed by atoms with E-state index in [1.54, 1.807) is 6.92 Å². The quantitative estimate of drug-likeness (QED) is 0.277. The summed E-state index contributed by atoms with van der Waals surface area (Å²) < 4.78 is 145. The van der Waals surface area contributed by atoms with E-state index in [-0.39, 0.29) is 24.1 Å². The second-order valence-electron chi connectivity index (χ2n) is 7.58. The van der Waals surface area contributed by atoms with Gasteiger partial charge in [0, 0.05) is 11.6 Å². The zero-order valence-electron chi connectivity index (χ0n) is 18.3. The van der Waals surface area contributed by atoms with Crippen molar-refractivity contribution in [3.8, 4) is 22.6 Å². The fraction of sp³-hybridized carbons (Fsp3) is 0.250. The SMILES string of the molecule is CCCc1ccc(OCC(F)(F)Oc2ccc(-c3cc(F)c(C(F)(F)F)c(F)c3)c(F)c2)c(F)c1F. The highest BCUT2D eigenvalue weighted by molar-refractivity contribution is 5.66. The number of benzene rings is 3. The summed E-state index contributed by atoms with van der Waals surface area (Å²) in [7, 11) is 0. The van der Waals surface area contributed by atoms with Crippen LogP contribution in [0, 0.1) is 29.1 Å². The molecule has 0 unspecified atom stereocenters. The van der Waals surface area contributed by atoms with E-state index in [0.29, 0.717) is 12.5 Å². The minimum atomic E-state index is -5.33. The number of alkyl halides is 5. The molecule has 0 aliphatic carbocycles. The minimum Gasteiger partial charge on any atom is -0.480 e. The highest BCUT2D eigenvalue weighted by Crippen LogP contribution is 2.37. The number of aryl methyl sites for hydroxylation is 1. The predicted octanol–water partition coefficient (Wildman–Crippen LogP) is 8.07. The van der Waals surface area contributed by atoms with Crippen LogP contribution in [0.5, 0.6) is 11.5 Å². The molecule has 0 aliphatic heterocycles. The number of hydrogen-bond acceptors (Lipinski definition) is 2. The van der Waals surface area contributed by atoms with Crippen molar-refractivity contribution in [1.29, 1.82) is 0 Å². The number of halogens is 10. The molecule has 0 saturated heterocycles. The van der Waals surface area contributed by atoms with Gasteiger partial charge in [0.25, 0.3) is 0 Å². The number of rotatable bonds is 8. The molecule has 3 aromatic carbocycles. The van der Waals surface area contributed by atoms with Crippen LogP contribution in [0.1, 0.15) is 24.5 Å². The molecule has 0 saturated carbocycles. The lowest BCUT2D eigenvalue weighted by Crippen LogP contribution is -2.32. The normalized spacial score (nSPS) is 12.1. The molecule has 0 atom stereocenters. The van der Waals surface area contributed by atoms with Crippen LogP contribution in [0.15, 0.2) is 42.5 Å². The molecular formula is C24H16F10O2. The Labute approximate surface area is 198 Å². The average molecular weight is 526 g/mol. The molecule has 0 aromatic heterocycles. The van der Waals surface area contributed by atoms with Crippen molar-refractivity contribution in [2.75, 3.05) is 6.61 Å². The van der Waals surface area contributed by atoms with E-state index >= 15 is 0 Å². The Morgan fingerprint density at radius 2 is 1.39 bits per heavy atom. The summed E-state index contributed by atoms with van der Waals surface area (Å²) in [6, 6.07) is 4.55. The van der Waals surface area contributed by atoms with E-state index in [4.69, 9.17) is 0 Å². The van der Waals surface area contributed by atoms with Crippen LogP contribution in [-0.2, 0) is 12.6 Å². The van der Waals surface area contributed by atoms with Crippen LogP contribution in [-0.4, -0.2) is 12.7 Å². The smallest absolute Gasteiger partial charge is 0.433 e. The highest BCUT2D eigenvalue weighted by atomic mass is 19.4. The fourth-order valence-electron chi connectivity index (χ4n) is 3.30. The van der Waals surface area contributed by atoms with Crippen molar-refractivity contribution >= 4 is 0 Å². The van der Waals surface area contributed by atoms with E-state index in [1.807, 2.05) is 0 Å². The van der Waals surface area contributed by atoms with Gasteiger partial charge in [-0.25, -0.2) is 17.6 Å². The standard InChI is InChI=1S/C24H16F10O2/c1-2-3-12-4-7-19(22(29)21(12)28)35-11-23(30,31)36-14-5-6-15(16(25)10-14)13-8-17(26)20(18(27)9-13)24(32,33)34/h4-10H,2-3,11H2,1H3. The Morgan fingerprint density at radius 1 is 0.750 bits per heavy atom. The van der Waals surface area contributed by atoms with Crippen LogP contribution in [0.3, 0.4) is 0 Å². The molecule has 0 amide bonds. The monoisotopic (exact) mass is 526 g/mol. The summed E-state index contributed by atoms with van der Waals surface area (Å²) >= 11 is 0. The van der Waals surface area contributed by atoms with Gasteiger partial charge in [0.2, 0.25) is 5.82 Å². The number of ether oxygens (including phenoxy) is 2. The maximum atomic E-state index is 14.4. The van der Waals surface area contributed by atoms with Gasteiger partial charge in [-0.05, 0) is 47.9 Å². The van der Waals surface area contributed by atoms with Gasteiger partial charge in [-0.2, -0.15) is 26.3 Å². The molecule has 0 bridgehead atoms. The van der Waals surface area contributed by atoms with Crippen LogP contribution in [0.4, 0.5) is 43.9 Å². The summed E-state index contributed by atoms with van der Waals surface area (Å²) in [6.07, 6.45) is -8.76. The summed E-state index contributed by atoms with van der Waals surface area (Å²) in [4.78, 5) is 0. The fourth-order valence-corrected chi connectivity index (χ4v) is 3.30. The third-order valence-electron chi connectivity index (χ3n) is 4.89. The second-order valence-corrected chi connectivity index (χ2v) is 7.58. The maximum absolute atomic E-state index is 14.4. The Morgan fingerprint density at radius 3 is 1.94 bits per heavy atom. The van der Waals surface area contributed by atoms with Crippen LogP contribution >= 0.6 is 0 Å². The topological polar surface area (TPSA) is 18.5 Å². The van der Waals surface area contributed by atoms with Gasteiger partial charge in [-0.1, -0.05) is 19.4 Å². The van der Waals surface area contributed by atoms with Gasteiger partial charge < -0.3 is 9.47 Å². The molecule has 0 N–H and O–H groups in total. The van der Waals surface area contributed by atoms with E-state index in [2.05, 4.69) is 9.47 Å². The second kappa shape index (κ2) is 10.3. The first kappa shape index (κ1) is 27.2. The first-order valence-electron chi connectivity index (χ1n) is 10.3. The van der Waals surface area contributed by atoms with E-state index < -0.39 is 76.2 Å². The molecule has 0 fully saturated rings. The third-order valence-corrected chi connectivity index (χ3v) is 4.89. The van der Waals surface area contributed by atoms with Crippen molar-refractivity contribution < 1.29 is 53.4 Å². The van der Waals surface area contributed by atoms with Crippen molar-refractivity contribution in [3.05, 3.63) is 82.7 Å². The highest BCUT2D eigenvalue weighted by Gasteiger charge is 2.38. The minimum absolute atomic E-state index is 0.0359. The molecular weight excluding hydrogens is 510 g/mol. The van der Waals surface area contributed by atoms with E-state index in [0.717, 1.165) is 18.2 Å². The predicted molar refractivity (Wildman–Crippen MR) is 108 cm³/mol. The largest absolute Gasteiger partial charge is 0.480 e. The van der Waals surface area contributed by atoms with Crippen molar-refractivity contribution in [2.45, 2.75) is 32.1 Å². The van der Waals surface area contributed by atoms with Gasteiger partial charge >= 0.3 is 12.3 Å². The average Bonchev–Trinajstić information content (AvgIpc) is 2.75. The lowest BCUT2D eigenvalue weighted by molar-refractivity contribution is -0.195. The molecule has 3 aromatic rings. The van der Waals surface area contributed by atoms with Gasteiger partial charge in [0.15, 0.2) is 18.2 Å². The Hall–Kier alpha value is -3.44. The maximum Gasteiger partial charge on any atom is 0.433 e. The van der Waals surface area contributed by atoms with Crippen molar-refractivity contribution in [3.63, 3.8) is 0 Å². The molecule has 12 heteroatoms. The summed E-state index contributed by atoms with van der Waals surface area (Å²) in [6.45, 7) is 0.143. The Kier molecular flexibility index (Phi) is 7.75. The molecule has 0 spiro atoms. The zero-order valence-corrected chi connectivity index (χ0v) is 18.3. The number of hydrogen-bond donors (Lipinski definition) is 0. The first-order chi connectivity index (χ1) is 16.7. The van der Waals surface area contributed by atoms with Crippen molar-refractivity contribution in [2.24, 2.45) is 0 Å². The summed E-state index contributed by atoms with van der Waals surface area (Å²) in [5, 5.41) is 0. The van der Waals surface area contributed by atoms with Gasteiger partial charge in [-0.3, -0.25) is 0 Å². The lowest BCUT2D eigenvalue weighted by Gasteiger charge is -2.19. The molecule has 194 valence electrons. The van der Waals surface area contributed by atoms with Crippen molar-refractivity contribution in [1.82, 2.24) is 0 Å². The lowest BCUT2D eigenvalue weighted by atomic mass is 10.0. The molecule has 0 heterocycles. The van der Waals surface area contributed by atoms with Crippen LogP contribution in [0.25, 0.3) is 11.1 Å². The Bertz CT molecular complexity index is 1230. The molecule has 3 rings (SSSR count). The van der Waals surface area contributed by atoms with Crippen LogP contribution in [0.2, 0.25) is 0 Å². The van der Waals surface area contributed by atoms with Gasteiger partial charge in [0.1, 0.15) is 28.8 Å². The summed E-state index contributed by atoms with van der Waals surface area (Å²) in [5.74, 6) is -9.64. The van der Waals surface area contributed by atoms with Crippen LogP contribution < -0.4 is 9.47 Å². The van der Waals surface area contributed by atoms with E-state index in [1.165, 1.54) is 6.07 Å². The molecule has 0 radical (unpaired) electrons. The molecule has 36 heavy (non-hydrogen) atoms. The van der Waals surface area contributed by atoms with E-state index in [9.17, 15) is 43.9 Å². The molecule has 2 nitrogen and oxygen atoms in total. The van der Waals surface area contributed by atoms with Gasteiger partial charge in [-0.15, -0.1) is 0 Å².